The number of rotatable bonds is 0. The minimum absolute atomic E-state index is 0. The van der Waals surface area contributed by atoms with Crippen LogP contribution < -0.4 is 57.2 Å². The average molecular weight is 122 g/mol. The molecule has 0 aromatic carbocycles. The fourth-order valence-electron chi connectivity index (χ4n) is 0.348. The summed E-state index contributed by atoms with van der Waals surface area (Å²) in [5.41, 5.74) is 0. The molecule has 0 radical (unpaired) electrons. The monoisotopic (exact) mass is 122 g/mol. The number of hydrogen-bond donors (Lipinski definition) is 1. The second-order valence-electron chi connectivity index (χ2n) is 1.13. The van der Waals surface area contributed by atoms with Crippen LogP contribution in [0, 0.1) is 0 Å². The fraction of sp³-hybridized carbons (Fsp3) is 0. The summed E-state index contributed by atoms with van der Waals surface area (Å²) in [4.78, 5) is 0. The van der Waals surface area contributed by atoms with Crippen molar-refractivity contribution in [2.75, 3.05) is 5.84 Å². The van der Waals surface area contributed by atoms with Crippen LogP contribution in [-0.2, 0) is 0 Å². The molecule has 34 valence electrons. The molecule has 0 saturated carbocycles. The summed E-state index contributed by atoms with van der Waals surface area (Å²) < 4.78 is 1.50. The fourth-order valence-corrected chi connectivity index (χ4v) is 0.348. The van der Waals surface area contributed by atoms with Crippen LogP contribution in [0.5, 0.6) is 0 Å². The second-order valence-corrected chi connectivity index (χ2v) is 1.13. The van der Waals surface area contributed by atoms with Crippen molar-refractivity contribution in [1.82, 2.24) is 4.68 Å². The summed E-state index contributed by atoms with van der Waals surface area (Å²) in [7, 11) is 0. The third-order valence-corrected chi connectivity index (χ3v) is 0.628. The summed E-state index contributed by atoms with van der Waals surface area (Å²) in [5.74, 6) is 5.19. The standard InChI is InChI=1S/C4H6N2.K.H/c5-6-3-1-2-4-6;;/h1-4H,5H2;;/q;+1;-1. The van der Waals surface area contributed by atoms with E-state index >= 15 is 0 Å². The van der Waals surface area contributed by atoms with Crippen molar-refractivity contribution in [1.29, 1.82) is 0 Å². The SMILES string of the molecule is Nn1cccc1.[H-].[K+]. The van der Waals surface area contributed by atoms with Gasteiger partial charge in [-0.1, -0.05) is 0 Å². The van der Waals surface area contributed by atoms with Crippen LogP contribution in [0.25, 0.3) is 0 Å². The Bertz CT molecular complexity index is 118. The number of hydrogen-bond acceptors (Lipinski definition) is 1. The summed E-state index contributed by atoms with van der Waals surface area (Å²) >= 11 is 0. The molecule has 0 spiro atoms. The van der Waals surface area contributed by atoms with Gasteiger partial charge in [0.2, 0.25) is 0 Å². The van der Waals surface area contributed by atoms with E-state index in [1.165, 1.54) is 4.68 Å². The first-order valence-electron chi connectivity index (χ1n) is 1.77. The van der Waals surface area contributed by atoms with Gasteiger partial charge in [-0.3, -0.25) is 4.68 Å². The minimum atomic E-state index is 0. The molecule has 1 rings (SSSR count). The van der Waals surface area contributed by atoms with Crippen molar-refractivity contribution in [2.45, 2.75) is 0 Å². The molecule has 0 bridgehead atoms. The van der Waals surface area contributed by atoms with Gasteiger partial charge in [0.1, 0.15) is 0 Å². The molecular formula is C4H7KN2. The molecule has 0 aliphatic carbocycles. The Kier molecular flexibility index (Phi) is 4.06. The van der Waals surface area contributed by atoms with Gasteiger partial charge < -0.3 is 7.27 Å². The summed E-state index contributed by atoms with van der Waals surface area (Å²) in [6.07, 6.45) is 3.56. The second kappa shape index (κ2) is 3.69. The van der Waals surface area contributed by atoms with Gasteiger partial charge in [0, 0.05) is 12.4 Å². The first-order chi connectivity index (χ1) is 2.89. The quantitative estimate of drug-likeness (QED) is 0.295. The van der Waals surface area contributed by atoms with Crippen LogP contribution in [-0.4, -0.2) is 4.68 Å². The Labute approximate surface area is 86.6 Å². The molecule has 1 aromatic rings. The predicted molar refractivity (Wildman–Crippen MR) is 25.7 cm³/mol. The predicted octanol–water partition coefficient (Wildman–Crippen LogP) is -2.68. The van der Waals surface area contributed by atoms with Gasteiger partial charge in [-0.15, -0.1) is 0 Å². The van der Waals surface area contributed by atoms with Gasteiger partial charge >= 0.3 is 51.4 Å². The van der Waals surface area contributed by atoms with Crippen molar-refractivity contribution in [2.24, 2.45) is 0 Å². The van der Waals surface area contributed by atoms with Crippen molar-refractivity contribution >= 4 is 0 Å². The van der Waals surface area contributed by atoms with E-state index in [0.717, 1.165) is 0 Å². The summed E-state index contributed by atoms with van der Waals surface area (Å²) in [5, 5.41) is 0. The van der Waals surface area contributed by atoms with Gasteiger partial charge in [-0.05, 0) is 12.1 Å². The molecule has 0 atom stereocenters. The van der Waals surface area contributed by atoms with E-state index in [0.29, 0.717) is 0 Å². The molecule has 2 nitrogen and oxygen atoms in total. The molecule has 0 aliphatic heterocycles. The third-order valence-electron chi connectivity index (χ3n) is 0.628. The zero-order chi connectivity index (χ0) is 4.41. The van der Waals surface area contributed by atoms with Gasteiger partial charge in [0.15, 0.2) is 0 Å². The zero-order valence-corrected chi connectivity index (χ0v) is 7.46. The first kappa shape index (κ1) is 7.72. The molecule has 1 heterocycles. The van der Waals surface area contributed by atoms with Crippen LogP contribution in [0.4, 0.5) is 0 Å². The Morgan fingerprint density at radius 1 is 1.29 bits per heavy atom. The topological polar surface area (TPSA) is 30.9 Å². The van der Waals surface area contributed by atoms with E-state index < -0.39 is 0 Å². The van der Waals surface area contributed by atoms with Crippen molar-refractivity contribution < 1.29 is 52.8 Å². The van der Waals surface area contributed by atoms with E-state index in [2.05, 4.69) is 0 Å². The molecule has 0 amide bonds. The molecule has 7 heavy (non-hydrogen) atoms. The smallest absolute Gasteiger partial charge is 1.00 e. The van der Waals surface area contributed by atoms with E-state index in [1.807, 2.05) is 12.1 Å². The van der Waals surface area contributed by atoms with E-state index in [4.69, 9.17) is 5.84 Å². The molecule has 1 aromatic heterocycles. The number of nitrogens with two attached hydrogens (primary N) is 1. The van der Waals surface area contributed by atoms with Crippen LogP contribution >= 0.6 is 0 Å². The third kappa shape index (κ3) is 2.51. The Morgan fingerprint density at radius 3 is 1.86 bits per heavy atom. The molecule has 0 saturated heterocycles. The molecule has 2 N–H and O–H groups in total. The van der Waals surface area contributed by atoms with Crippen LogP contribution in [0.15, 0.2) is 24.5 Å². The van der Waals surface area contributed by atoms with E-state index in [-0.39, 0.29) is 52.8 Å². The molecule has 0 unspecified atom stereocenters. The van der Waals surface area contributed by atoms with Crippen molar-refractivity contribution in [3.8, 4) is 0 Å². The largest absolute Gasteiger partial charge is 1.00 e. The summed E-state index contributed by atoms with van der Waals surface area (Å²) in [6, 6.07) is 3.75. The number of aromatic nitrogens is 1. The Morgan fingerprint density at radius 2 is 1.71 bits per heavy atom. The Balaban J connectivity index is 0. The molecular weight excluding hydrogens is 115 g/mol. The normalized spacial score (nSPS) is 7.43. The van der Waals surface area contributed by atoms with Crippen LogP contribution in [0.1, 0.15) is 1.43 Å². The zero-order valence-electron chi connectivity index (χ0n) is 5.33. The minimum Gasteiger partial charge on any atom is -1.00 e. The van der Waals surface area contributed by atoms with Gasteiger partial charge in [0.25, 0.3) is 0 Å². The van der Waals surface area contributed by atoms with Crippen LogP contribution in [0.3, 0.4) is 0 Å². The molecule has 0 aliphatic rings. The number of nitrogens with zero attached hydrogens (tertiary/aromatic N) is 1. The number of nitrogen functional groups attached to an aromatic ring is 1. The van der Waals surface area contributed by atoms with Crippen LogP contribution in [0.2, 0.25) is 0 Å². The molecule has 0 fully saturated rings. The summed E-state index contributed by atoms with van der Waals surface area (Å²) in [6.45, 7) is 0. The van der Waals surface area contributed by atoms with E-state index in [1.54, 1.807) is 12.4 Å². The molecule has 3 heteroatoms. The maximum Gasteiger partial charge on any atom is 1.00 e. The maximum absolute atomic E-state index is 5.19. The first-order valence-corrected chi connectivity index (χ1v) is 1.77. The van der Waals surface area contributed by atoms with Gasteiger partial charge in [-0.25, -0.2) is 0 Å². The van der Waals surface area contributed by atoms with Crippen molar-refractivity contribution in [3.63, 3.8) is 0 Å². The van der Waals surface area contributed by atoms with Gasteiger partial charge in [0.05, 0.1) is 0 Å². The van der Waals surface area contributed by atoms with E-state index in [9.17, 15) is 0 Å². The average Bonchev–Trinajstić information content (AvgIpc) is 1.86. The van der Waals surface area contributed by atoms with Crippen molar-refractivity contribution in [3.05, 3.63) is 24.5 Å². The Hall–Kier alpha value is 0.716. The van der Waals surface area contributed by atoms with Gasteiger partial charge in [-0.2, -0.15) is 0 Å². The maximum atomic E-state index is 5.19.